The molecule has 0 aromatic heterocycles. The van der Waals surface area contributed by atoms with Gasteiger partial charge in [0, 0.05) is 6.42 Å². The number of carbonyl (C=O) groups excluding carboxylic acids is 1. The van der Waals surface area contributed by atoms with Crippen LogP contribution < -0.4 is 4.74 Å². The molecule has 0 unspecified atom stereocenters. The molecule has 21 heavy (non-hydrogen) atoms. The van der Waals surface area contributed by atoms with Gasteiger partial charge in [-0.1, -0.05) is 42.0 Å². The van der Waals surface area contributed by atoms with Crippen LogP contribution in [0.25, 0.3) is 0 Å². The zero-order valence-corrected chi connectivity index (χ0v) is 11.3. The van der Waals surface area contributed by atoms with Crippen LogP contribution in [0.3, 0.4) is 0 Å². The average molecular weight is 294 g/mol. The summed E-state index contributed by atoms with van der Waals surface area (Å²) in [5.41, 5.74) is 1.67. The van der Waals surface area contributed by atoms with Crippen molar-refractivity contribution in [1.82, 2.24) is 0 Å². The minimum atomic E-state index is -4.82. The third-order valence-electron chi connectivity index (χ3n) is 2.86. The summed E-state index contributed by atoms with van der Waals surface area (Å²) in [6.07, 6.45) is -4.79. The summed E-state index contributed by atoms with van der Waals surface area (Å²) in [4.78, 5) is 12.2. The van der Waals surface area contributed by atoms with E-state index in [2.05, 4.69) is 4.74 Å². The smallest absolute Gasteiger partial charge is 0.405 e. The second-order valence-electron chi connectivity index (χ2n) is 4.63. The van der Waals surface area contributed by atoms with Crippen molar-refractivity contribution in [3.8, 4) is 5.75 Å². The standard InChI is InChI=1S/C16H13F3O2/c1-11-5-4-6-12(9-11)10-14(20)13-7-2-3-8-15(13)21-16(17,18)19/h2-9H,10H2,1H3. The molecule has 0 aliphatic heterocycles. The summed E-state index contributed by atoms with van der Waals surface area (Å²) < 4.78 is 40.9. The normalized spacial score (nSPS) is 11.2. The van der Waals surface area contributed by atoms with E-state index in [-0.39, 0.29) is 12.0 Å². The van der Waals surface area contributed by atoms with Crippen LogP contribution in [-0.2, 0) is 6.42 Å². The largest absolute Gasteiger partial charge is 0.573 e. The van der Waals surface area contributed by atoms with Crippen molar-refractivity contribution in [1.29, 1.82) is 0 Å². The van der Waals surface area contributed by atoms with Gasteiger partial charge in [0.25, 0.3) is 0 Å². The molecule has 0 saturated heterocycles. The predicted molar refractivity (Wildman–Crippen MR) is 72.3 cm³/mol. The molecule has 0 saturated carbocycles. The number of aryl methyl sites for hydroxylation is 1. The molecule has 2 aromatic rings. The molecule has 0 amide bonds. The van der Waals surface area contributed by atoms with Gasteiger partial charge in [0.2, 0.25) is 0 Å². The fourth-order valence-electron chi connectivity index (χ4n) is 2.01. The molecule has 0 bridgehead atoms. The van der Waals surface area contributed by atoms with Gasteiger partial charge in [-0.2, -0.15) is 0 Å². The Kier molecular flexibility index (Phi) is 4.31. The number of para-hydroxylation sites is 1. The summed E-state index contributed by atoms with van der Waals surface area (Å²) in [6, 6.07) is 12.6. The highest BCUT2D eigenvalue weighted by Crippen LogP contribution is 2.27. The Balaban J connectivity index is 2.23. The van der Waals surface area contributed by atoms with E-state index in [1.807, 2.05) is 19.1 Å². The van der Waals surface area contributed by atoms with Gasteiger partial charge in [0.15, 0.2) is 5.78 Å². The van der Waals surface area contributed by atoms with E-state index in [0.29, 0.717) is 0 Å². The van der Waals surface area contributed by atoms with Crippen LogP contribution in [0, 0.1) is 6.92 Å². The Bertz CT molecular complexity index is 648. The number of rotatable bonds is 4. The highest BCUT2D eigenvalue weighted by molar-refractivity contribution is 5.99. The summed E-state index contributed by atoms with van der Waals surface area (Å²) in [5.74, 6) is -0.886. The monoisotopic (exact) mass is 294 g/mol. The van der Waals surface area contributed by atoms with Crippen LogP contribution in [0.15, 0.2) is 48.5 Å². The number of hydrogen-bond acceptors (Lipinski definition) is 2. The second kappa shape index (κ2) is 5.99. The Hall–Kier alpha value is -2.30. The molecule has 0 spiro atoms. The zero-order chi connectivity index (χ0) is 15.5. The number of hydrogen-bond donors (Lipinski definition) is 0. The quantitative estimate of drug-likeness (QED) is 0.785. The Morgan fingerprint density at radius 2 is 1.81 bits per heavy atom. The van der Waals surface area contributed by atoms with Gasteiger partial charge in [0.05, 0.1) is 5.56 Å². The third kappa shape index (κ3) is 4.34. The van der Waals surface area contributed by atoms with Gasteiger partial charge >= 0.3 is 6.36 Å². The van der Waals surface area contributed by atoms with E-state index in [0.717, 1.165) is 17.2 Å². The molecule has 0 aliphatic rings. The summed E-state index contributed by atoms with van der Waals surface area (Å²) >= 11 is 0. The second-order valence-corrected chi connectivity index (χ2v) is 4.63. The van der Waals surface area contributed by atoms with Crippen LogP contribution in [0.1, 0.15) is 21.5 Å². The first-order valence-electron chi connectivity index (χ1n) is 6.29. The molecule has 110 valence electrons. The highest BCUT2D eigenvalue weighted by Gasteiger charge is 2.32. The first-order chi connectivity index (χ1) is 9.85. The van der Waals surface area contributed by atoms with Gasteiger partial charge < -0.3 is 4.74 Å². The minimum absolute atomic E-state index is 0.0277. The van der Waals surface area contributed by atoms with Crippen molar-refractivity contribution in [3.63, 3.8) is 0 Å². The lowest BCUT2D eigenvalue weighted by Gasteiger charge is -2.12. The van der Waals surface area contributed by atoms with E-state index < -0.39 is 17.9 Å². The van der Waals surface area contributed by atoms with Gasteiger partial charge in [0.1, 0.15) is 5.75 Å². The maximum Gasteiger partial charge on any atom is 0.573 e. The number of ether oxygens (including phenoxy) is 1. The first kappa shape index (κ1) is 15.1. The molecule has 0 radical (unpaired) electrons. The highest BCUT2D eigenvalue weighted by atomic mass is 19.4. The van der Waals surface area contributed by atoms with Gasteiger partial charge in [-0.25, -0.2) is 0 Å². The van der Waals surface area contributed by atoms with Crippen molar-refractivity contribution in [3.05, 3.63) is 65.2 Å². The molecular weight excluding hydrogens is 281 g/mol. The van der Waals surface area contributed by atoms with E-state index in [4.69, 9.17) is 0 Å². The van der Waals surface area contributed by atoms with Crippen molar-refractivity contribution < 1.29 is 22.7 Å². The molecule has 2 rings (SSSR count). The zero-order valence-electron chi connectivity index (χ0n) is 11.3. The molecular formula is C16H13F3O2. The van der Waals surface area contributed by atoms with Gasteiger partial charge in [-0.3, -0.25) is 4.79 Å². The lowest BCUT2D eigenvalue weighted by atomic mass is 10.0. The third-order valence-corrected chi connectivity index (χ3v) is 2.86. The van der Waals surface area contributed by atoms with E-state index in [1.54, 1.807) is 12.1 Å². The molecule has 2 nitrogen and oxygen atoms in total. The number of halogens is 3. The fourth-order valence-corrected chi connectivity index (χ4v) is 2.01. The summed E-state index contributed by atoms with van der Waals surface area (Å²) in [6.45, 7) is 1.88. The summed E-state index contributed by atoms with van der Waals surface area (Å²) in [5, 5.41) is 0. The fraction of sp³-hybridized carbons (Fsp3) is 0.188. The minimum Gasteiger partial charge on any atom is -0.405 e. The van der Waals surface area contributed by atoms with Crippen LogP contribution in [0.5, 0.6) is 5.75 Å². The van der Waals surface area contributed by atoms with Gasteiger partial charge in [-0.05, 0) is 24.6 Å². The number of ketones is 1. The van der Waals surface area contributed by atoms with Crippen LogP contribution in [0.2, 0.25) is 0 Å². The van der Waals surface area contributed by atoms with Crippen LogP contribution in [0.4, 0.5) is 13.2 Å². The lowest BCUT2D eigenvalue weighted by Crippen LogP contribution is -2.19. The van der Waals surface area contributed by atoms with Gasteiger partial charge in [-0.15, -0.1) is 13.2 Å². The SMILES string of the molecule is Cc1cccc(CC(=O)c2ccccc2OC(F)(F)F)c1. The predicted octanol–water partition coefficient (Wildman–Crippen LogP) is 4.32. The molecule has 0 N–H and O–H groups in total. The van der Waals surface area contributed by atoms with E-state index in [9.17, 15) is 18.0 Å². The topological polar surface area (TPSA) is 26.3 Å². The van der Waals surface area contributed by atoms with Crippen molar-refractivity contribution >= 4 is 5.78 Å². The van der Waals surface area contributed by atoms with Crippen LogP contribution >= 0.6 is 0 Å². The molecule has 0 aliphatic carbocycles. The Labute approximate surface area is 120 Å². The Morgan fingerprint density at radius 3 is 2.48 bits per heavy atom. The molecule has 5 heteroatoms. The number of Topliss-reactive ketones (excluding diaryl/α,β-unsaturated/α-hetero) is 1. The summed E-state index contributed by atoms with van der Waals surface area (Å²) in [7, 11) is 0. The van der Waals surface area contributed by atoms with E-state index >= 15 is 0 Å². The maximum atomic E-state index is 12.3. The number of benzene rings is 2. The Morgan fingerprint density at radius 1 is 1.10 bits per heavy atom. The number of alkyl halides is 3. The lowest BCUT2D eigenvalue weighted by molar-refractivity contribution is -0.274. The van der Waals surface area contributed by atoms with Crippen molar-refractivity contribution in [2.45, 2.75) is 19.7 Å². The molecule has 0 atom stereocenters. The van der Waals surface area contributed by atoms with Crippen molar-refractivity contribution in [2.24, 2.45) is 0 Å². The number of carbonyl (C=O) groups is 1. The maximum absolute atomic E-state index is 12.3. The molecule has 2 aromatic carbocycles. The van der Waals surface area contributed by atoms with E-state index in [1.165, 1.54) is 18.2 Å². The van der Waals surface area contributed by atoms with Crippen molar-refractivity contribution in [2.75, 3.05) is 0 Å². The first-order valence-corrected chi connectivity index (χ1v) is 6.29. The average Bonchev–Trinajstić information content (AvgIpc) is 2.37. The van der Waals surface area contributed by atoms with Crippen LogP contribution in [-0.4, -0.2) is 12.1 Å². The molecule has 0 fully saturated rings. The molecule has 0 heterocycles.